The van der Waals surface area contributed by atoms with Crippen molar-refractivity contribution in [2.45, 2.75) is 57.6 Å². The van der Waals surface area contributed by atoms with Crippen molar-refractivity contribution in [3.05, 3.63) is 16.6 Å². The second-order valence-corrected chi connectivity index (χ2v) is 6.54. The molecule has 0 saturated heterocycles. The lowest BCUT2D eigenvalue weighted by atomic mass is 9.74. The lowest BCUT2D eigenvalue weighted by molar-refractivity contribution is -0.0960. The molecule has 1 atom stereocenters. The molecule has 5 heteroatoms. The van der Waals surface area contributed by atoms with E-state index in [0.29, 0.717) is 0 Å². The Balaban J connectivity index is 2.10. The van der Waals surface area contributed by atoms with Gasteiger partial charge in [0.2, 0.25) is 0 Å². The highest BCUT2D eigenvalue weighted by Gasteiger charge is 2.41. The minimum atomic E-state index is -0.111. The molecule has 0 spiro atoms. The number of ether oxygens (including phenoxy) is 1. The molecule has 4 nitrogen and oxygen atoms in total. The Morgan fingerprint density at radius 1 is 1.58 bits per heavy atom. The van der Waals surface area contributed by atoms with Crippen molar-refractivity contribution >= 4 is 11.3 Å². The topological polar surface area (TPSA) is 60.2 Å². The largest absolute Gasteiger partial charge is 0.374 e. The maximum Gasteiger partial charge on any atom is 0.0851 e. The Labute approximate surface area is 119 Å². The third-order valence-electron chi connectivity index (χ3n) is 4.28. The van der Waals surface area contributed by atoms with Crippen molar-refractivity contribution in [2.75, 3.05) is 6.61 Å². The Morgan fingerprint density at radius 3 is 2.84 bits per heavy atom. The van der Waals surface area contributed by atoms with Gasteiger partial charge in [0.1, 0.15) is 0 Å². The Morgan fingerprint density at radius 2 is 2.32 bits per heavy atom. The van der Waals surface area contributed by atoms with E-state index in [-0.39, 0.29) is 11.6 Å². The van der Waals surface area contributed by atoms with Crippen LogP contribution >= 0.6 is 11.3 Å². The van der Waals surface area contributed by atoms with Gasteiger partial charge in [-0.3, -0.25) is 16.3 Å². The highest BCUT2D eigenvalue weighted by molar-refractivity contribution is 7.09. The predicted octanol–water partition coefficient (Wildman–Crippen LogP) is 2.50. The molecule has 1 aliphatic carbocycles. The summed E-state index contributed by atoms with van der Waals surface area (Å²) >= 11 is 1.69. The third-order valence-corrected chi connectivity index (χ3v) is 5.08. The summed E-state index contributed by atoms with van der Waals surface area (Å²) in [6.45, 7) is 5.14. The molecule has 0 radical (unpaired) electrons. The predicted molar refractivity (Wildman–Crippen MR) is 78.9 cm³/mol. The van der Waals surface area contributed by atoms with Gasteiger partial charge in [-0.2, -0.15) is 0 Å². The van der Waals surface area contributed by atoms with Crippen LogP contribution in [0.5, 0.6) is 0 Å². The van der Waals surface area contributed by atoms with E-state index in [1.54, 1.807) is 11.3 Å². The highest BCUT2D eigenvalue weighted by atomic mass is 32.1. The first kappa shape index (κ1) is 14.9. The van der Waals surface area contributed by atoms with Crippen LogP contribution in [0.25, 0.3) is 0 Å². The number of nitrogens with one attached hydrogen (secondary N) is 1. The van der Waals surface area contributed by atoms with Crippen molar-refractivity contribution in [2.24, 2.45) is 11.8 Å². The van der Waals surface area contributed by atoms with Gasteiger partial charge in [-0.25, -0.2) is 0 Å². The zero-order valence-corrected chi connectivity index (χ0v) is 12.7. The minimum Gasteiger partial charge on any atom is -0.374 e. The molecule has 0 aliphatic heterocycles. The Kier molecular flexibility index (Phi) is 5.33. The van der Waals surface area contributed by atoms with Gasteiger partial charge < -0.3 is 4.74 Å². The standard InChI is InChI=1S/C14H25N3OS/c1-3-18-14(6-4-11(2)5-7-14)13(17-15)8-12-9-16-10-19-12/h9-11,13,17H,3-8,15H2,1-2H3. The van der Waals surface area contributed by atoms with Crippen molar-refractivity contribution in [1.29, 1.82) is 0 Å². The summed E-state index contributed by atoms with van der Waals surface area (Å²) in [6.07, 6.45) is 7.46. The first-order chi connectivity index (χ1) is 9.20. The Hall–Kier alpha value is -0.490. The van der Waals surface area contributed by atoms with Crippen LogP contribution in [0.3, 0.4) is 0 Å². The van der Waals surface area contributed by atoms with E-state index in [0.717, 1.165) is 31.8 Å². The molecular weight excluding hydrogens is 258 g/mol. The first-order valence-electron chi connectivity index (χ1n) is 7.17. The van der Waals surface area contributed by atoms with Gasteiger partial charge in [0.05, 0.1) is 17.2 Å². The monoisotopic (exact) mass is 283 g/mol. The van der Waals surface area contributed by atoms with E-state index >= 15 is 0 Å². The fourth-order valence-electron chi connectivity index (χ4n) is 3.07. The fourth-order valence-corrected chi connectivity index (χ4v) is 3.71. The average Bonchev–Trinajstić information content (AvgIpc) is 2.92. The quantitative estimate of drug-likeness (QED) is 0.622. The smallest absolute Gasteiger partial charge is 0.0851 e. The number of hydrazine groups is 1. The molecule has 0 amide bonds. The van der Waals surface area contributed by atoms with Crippen LogP contribution in [-0.4, -0.2) is 23.2 Å². The number of rotatable bonds is 6. The van der Waals surface area contributed by atoms with Crippen molar-refractivity contribution in [3.8, 4) is 0 Å². The maximum absolute atomic E-state index is 6.16. The minimum absolute atomic E-state index is 0.111. The number of nitrogens with two attached hydrogens (primary N) is 1. The van der Waals surface area contributed by atoms with Gasteiger partial charge in [0.25, 0.3) is 0 Å². The molecule has 19 heavy (non-hydrogen) atoms. The van der Waals surface area contributed by atoms with Gasteiger partial charge in [-0.1, -0.05) is 6.92 Å². The van der Waals surface area contributed by atoms with Crippen LogP contribution < -0.4 is 11.3 Å². The van der Waals surface area contributed by atoms with Crippen LogP contribution in [0.4, 0.5) is 0 Å². The summed E-state index contributed by atoms with van der Waals surface area (Å²) in [5, 5.41) is 0. The molecule has 2 rings (SSSR count). The average molecular weight is 283 g/mol. The SMILES string of the molecule is CCOC1(C(Cc2cncs2)NN)CCC(C)CC1. The molecule has 108 valence electrons. The zero-order chi connectivity index (χ0) is 13.7. The highest BCUT2D eigenvalue weighted by Crippen LogP contribution is 2.38. The maximum atomic E-state index is 6.16. The van der Waals surface area contributed by atoms with Gasteiger partial charge in [-0.15, -0.1) is 11.3 Å². The molecule has 3 N–H and O–H groups in total. The normalized spacial score (nSPS) is 29.3. The van der Waals surface area contributed by atoms with Crippen LogP contribution in [0.2, 0.25) is 0 Å². The number of nitrogens with zero attached hydrogens (tertiary/aromatic N) is 1. The van der Waals surface area contributed by atoms with Crippen LogP contribution in [0, 0.1) is 5.92 Å². The van der Waals surface area contributed by atoms with E-state index in [1.807, 2.05) is 11.7 Å². The van der Waals surface area contributed by atoms with Gasteiger partial charge in [0, 0.05) is 24.1 Å². The lowest BCUT2D eigenvalue weighted by Crippen LogP contribution is -2.57. The lowest BCUT2D eigenvalue weighted by Gasteiger charge is -2.44. The molecule has 1 aliphatic rings. The van der Waals surface area contributed by atoms with E-state index in [2.05, 4.69) is 24.3 Å². The van der Waals surface area contributed by atoms with Crippen molar-refractivity contribution in [3.63, 3.8) is 0 Å². The van der Waals surface area contributed by atoms with E-state index < -0.39 is 0 Å². The van der Waals surface area contributed by atoms with Crippen LogP contribution in [0.15, 0.2) is 11.7 Å². The molecule has 0 bridgehead atoms. The summed E-state index contributed by atoms with van der Waals surface area (Å²) in [7, 11) is 0. The second-order valence-electron chi connectivity index (χ2n) is 5.57. The third kappa shape index (κ3) is 3.54. The Bertz CT molecular complexity index is 361. The zero-order valence-electron chi connectivity index (χ0n) is 11.9. The molecule has 1 aromatic rings. The molecule has 1 saturated carbocycles. The first-order valence-corrected chi connectivity index (χ1v) is 8.05. The van der Waals surface area contributed by atoms with Crippen LogP contribution in [-0.2, 0) is 11.2 Å². The van der Waals surface area contributed by atoms with Crippen molar-refractivity contribution in [1.82, 2.24) is 10.4 Å². The van der Waals surface area contributed by atoms with Gasteiger partial charge in [-0.05, 0) is 38.5 Å². The number of hydrogen-bond donors (Lipinski definition) is 2. The van der Waals surface area contributed by atoms with E-state index in [4.69, 9.17) is 10.6 Å². The summed E-state index contributed by atoms with van der Waals surface area (Å²) in [4.78, 5) is 5.41. The summed E-state index contributed by atoms with van der Waals surface area (Å²) in [6, 6.07) is 0.167. The van der Waals surface area contributed by atoms with Crippen molar-refractivity contribution < 1.29 is 4.74 Å². The molecule has 1 unspecified atom stereocenters. The molecular formula is C14H25N3OS. The summed E-state index contributed by atoms with van der Waals surface area (Å²) in [5.41, 5.74) is 4.77. The summed E-state index contributed by atoms with van der Waals surface area (Å²) < 4.78 is 6.16. The number of aromatic nitrogens is 1. The van der Waals surface area contributed by atoms with Crippen LogP contribution in [0.1, 0.15) is 44.4 Å². The molecule has 1 heterocycles. The number of thiazole rings is 1. The molecule has 0 aromatic carbocycles. The fraction of sp³-hybridized carbons (Fsp3) is 0.786. The molecule has 1 fully saturated rings. The second kappa shape index (κ2) is 6.79. The summed E-state index contributed by atoms with van der Waals surface area (Å²) in [5.74, 6) is 6.63. The van der Waals surface area contributed by atoms with Gasteiger partial charge >= 0.3 is 0 Å². The number of hydrogen-bond acceptors (Lipinski definition) is 5. The van der Waals surface area contributed by atoms with E-state index in [1.165, 1.54) is 17.7 Å². The van der Waals surface area contributed by atoms with Gasteiger partial charge in [0.15, 0.2) is 0 Å². The van der Waals surface area contributed by atoms with E-state index in [9.17, 15) is 0 Å². The molecule has 1 aromatic heterocycles.